The SMILES string of the molecule is C/C=C/C(=O)OCC(=O)Nc1cc(S(N)(=O)=O)ccc1N(CC)CC. The van der Waals surface area contributed by atoms with Crippen LogP contribution in [0.1, 0.15) is 20.8 Å². The Kier molecular flexibility index (Phi) is 7.59. The Bertz CT molecular complexity index is 755. The fourth-order valence-corrected chi connectivity index (χ4v) is 2.68. The lowest BCUT2D eigenvalue weighted by Crippen LogP contribution is -2.26. The van der Waals surface area contributed by atoms with Crippen LogP contribution in [-0.2, 0) is 24.3 Å². The molecule has 0 atom stereocenters. The first kappa shape index (κ1) is 20.7. The van der Waals surface area contributed by atoms with E-state index in [-0.39, 0.29) is 10.6 Å². The predicted octanol–water partition coefficient (Wildman–Crippen LogP) is 1.24. The van der Waals surface area contributed by atoms with Crippen LogP contribution >= 0.6 is 0 Å². The summed E-state index contributed by atoms with van der Waals surface area (Å²) in [5.74, 6) is -1.22. The Hall–Kier alpha value is -2.39. The van der Waals surface area contributed by atoms with Crippen LogP contribution in [0.15, 0.2) is 35.2 Å². The number of amides is 1. The van der Waals surface area contributed by atoms with Gasteiger partial charge in [0.15, 0.2) is 6.61 Å². The van der Waals surface area contributed by atoms with E-state index in [1.807, 2.05) is 18.7 Å². The van der Waals surface area contributed by atoms with Gasteiger partial charge in [0.1, 0.15) is 0 Å². The minimum absolute atomic E-state index is 0.121. The number of primary sulfonamides is 1. The van der Waals surface area contributed by atoms with Crippen LogP contribution in [0.25, 0.3) is 0 Å². The molecular weight excluding hydrogens is 346 g/mol. The number of nitrogens with two attached hydrogens (primary N) is 1. The van der Waals surface area contributed by atoms with Gasteiger partial charge in [0, 0.05) is 19.2 Å². The molecule has 0 radical (unpaired) electrons. The van der Waals surface area contributed by atoms with Crippen molar-refractivity contribution in [1.29, 1.82) is 0 Å². The monoisotopic (exact) mass is 369 g/mol. The van der Waals surface area contributed by atoms with E-state index in [1.165, 1.54) is 24.3 Å². The van der Waals surface area contributed by atoms with Crippen molar-refractivity contribution in [3.05, 3.63) is 30.4 Å². The van der Waals surface area contributed by atoms with E-state index in [0.717, 1.165) is 0 Å². The zero-order valence-electron chi connectivity index (χ0n) is 14.5. The first-order valence-electron chi connectivity index (χ1n) is 7.74. The quantitative estimate of drug-likeness (QED) is 0.526. The number of hydrogen-bond donors (Lipinski definition) is 2. The maximum atomic E-state index is 12.0. The lowest BCUT2D eigenvalue weighted by Gasteiger charge is -2.24. The van der Waals surface area contributed by atoms with Gasteiger partial charge in [-0.3, -0.25) is 4.79 Å². The molecular formula is C16H23N3O5S. The van der Waals surface area contributed by atoms with Gasteiger partial charge in [0.25, 0.3) is 5.91 Å². The van der Waals surface area contributed by atoms with E-state index >= 15 is 0 Å². The Labute approximate surface area is 147 Å². The number of benzene rings is 1. The highest BCUT2D eigenvalue weighted by molar-refractivity contribution is 7.89. The molecule has 0 bridgehead atoms. The molecule has 8 nitrogen and oxygen atoms in total. The van der Waals surface area contributed by atoms with Gasteiger partial charge < -0.3 is 15.0 Å². The fourth-order valence-electron chi connectivity index (χ4n) is 2.14. The molecule has 0 spiro atoms. The molecule has 9 heteroatoms. The Morgan fingerprint density at radius 3 is 2.44 bits per heavy atom. The second-order valence-corrected chi connectivity index (χ2v) is 6.61. The van der Waals surface area contributed by atoms with Crippen LogP contribution in [-0.4, -0.2) is 40.0 Å². The normalized spacial score (nSPS) is 11.4. The second kappa shape index (κ2) is 9.19. The van der Waals surface area contributed by atoms with Crippen LogP contribution < -0.4 is 15.4 Å². The van der Waals surface area contributed by atoms with Crippen molar-refractivity contribution in [2.75, 3.05) is 29.9 Å². The van der Waals surface area contributed by atoms with Gasteiger partial charge >= 0.3 is 5.97 Å². The first-order chi connectivity index (χ1) is 11.7. The molecule has 0 fully saturated rings. The molecule has 1 rings (SSSR count). The number of rotatable bonds is 8. The highest BCUT2D eigenvalue weighted by Gasteiger charge is 2.16. The molecule has 0 unspecified atom stereocenters. The van der Waals surface area contributed by atoms with Gasteiger partial charge in [-0.15, -0.1) is 0 Å². The summed E-state index contributed by atoms with van der Waals surface area (Å²) in [6, 6.07) is 4.24. The number of sulfonamides is 1. The van der Waals surface area contributed by atoms with Crippen molar-refractivity contribution in [3.8, 4) is 0 Å². The van der Waals surface area contributed by atoms with Gasteiger partial charge in [0.05, 0.1) is 16.3 Å². The maximum absolute atomic E-state index is 12.0. The molecule has 0 saturated heterocycles. The number of carbonyl (C=O) groups is 2. The van der Waals surface area contributed by atoms with E-state index in [0.29, 0.717) is 18.8 Å². The number of esters is 1. The fraction of sp³-hybridized carbons (Fsp3) is 0.375. The Morgan fingerprint density at radius 1 is 1.28 bits per heavy atom. The number of anilines is 2. The van der Waals surface area contributed by atoms with E-state index in [4.69, 9.17) is 9.88 Å². The summed E-state index contributed by atoms with van der Waals surface area (Å²) in [7, 11) is -3.91. The highest BCUT2D eigenvalue weighted by Crippen LogP contribution is 2.28. The second-order valence-electron chi connectivity index (χ2n) is 5.05. The number of carbonyl (C=O) groups excluding carboxylic acids is 2. The zero-order chi connectivity index (χ0) is 19.0. The standard InChI is InChI=1S/C16H23N3O5S/c1-4-7-16(21)24-11-15(20)18-13-10-12(25(17,22)23)8-9-14(13)19(5-2)6-3/h4,7-10H,5-6,11H2,1-3H3,(H,18,20)(H2,17,22,23)/b7-4+. The summed E-state index contributed by atoms with van der Waals surface area (Å²) in [4.78, 5) is 25.1. The number of allylic oxidation sites excluding steroid dienone is 1. The van der Waals surface area contributed by atoms with Crippen molar-refractivity contribution in [2.45, 2.75) is 25.7 Å². The lowest BCUT2D eigenvalue weighted by molar-refractivity contribution is -0.142. The van der Waals surface area contributed by atoms with Crippen LogP contribution in [0, 0.1) is 0 Å². The maximum Gasteiger partial charge on any atom is 0.330 e. The van der Waals surface area contributed by atoms with Crippen molar-refractivity contribution >= 4 is 33.3 Å². The Morgan fingerprint density at radius 2 is 1.92 bits per heavy atom. The molecule has 0 aliphatic heterocycles. The summed E-state index contributed by atoms with van der Waals surface area (Å²) >= 11 is 0. The zero-order valence-corrected chi connectivity index (χ0v) is 15.3. The van der Waals surface area contributed by atoms with Crippen LogP contribution in [0.3, 0.4) is 0 Å². The molecule has 0 heterocycles. The molecule has 1 aromatic rings. The molecule has 25 heavy (non-hydrogen) atoms. The molecule has 3 N–H and O–H groups in total. The number of nitrogens with zero attached hydrogens (tertiary/aromatic N) is 1. The third kappa shape index (κ3) is 6.20. The van der Waals surface area contributed by atoms with Crippen LogP contribution in [0.5, 0.6) is 0 Å². The minimum atomic E-state index is -3.91. The molecule has 1 amide bonds. The number of ether oxygens (including phenoxy) is 1. The molecule has 0 aromatic heterocycles. The van der Waals surface area contributed by atoms with Gasteiger partial charge in [-0.25, -0.2) is 18.4 Å². The van der Waals surface area contributed by atoms with Crippen LogP contribution in [0.2, 0.25) is 0 Å². The molecule has 1 aromatic carbocycles. The first-order valence-corrected chi connectivity index (χ1v) is 9.28. The summed E-state index contributed by atoms with van der Waals surface area (Å²) in [5.41, 5.74) is 0.924. The highest BCUT2D eigenvalue weighted by atomic mass is 32.2. The summed E-state index contributed by atoms with van der Waals surface area (Å²) in [6.07, 6.45) is 2.69. The minimum Gasteiger partial charge on any atom is -0.452 e. The summed E-state index contributed by atoms with van der Waals surface area (Å²) in [5, 5.41) is 7.72. The molecule has 0 aliphatic rings. The average Bonchev–Trinajstić information content (AvgIpc) is 2.54. The Balaban J connectivity index is 3.08. The van der Waals surface area contributed by atoms with E-state index in [1.54, 1.807) is 13.0 Å². The van der Waals surface area contributed by atoms with Crippen LogP contribution in [0.4, 0.5) is 11.4 Å². The van der Waals surface area contributed by atoms with E-state index in [2.05, 4.69) is 5.32 Å². The number of nitrogens with one attached hydrogen (secondary N) is 1. The lowest BCUT2D eigenvalue weighted by atomic mass is 10.2. The third-order valence-corrected chi connectivity index (χ3v) is 4.23. The largest absolute Gasteiger partial charge is 0.452 e. The van der Waals surface area contributed by atoms with Gasteiger partial charge in [0.2, 0.25) is 10.0 Å². The van der Waals surface area contributed by atoms with Gasteiger partial charge in [-0.05, 0) is 39.0 Å². The van der Waals surface area contributed by atoms with Gasteiger partial charge in [-0.1, -0.05) is 6.08 Å². The molecule has 138 valence electrons. The summed E-state index contributed by atoms with van der Waals surface area (Å²) < 4.78 is 27.9. The molecule has 0 saturated carbocycles. The van der Waals surface area contributed by atoms with Crippen molar-refractivity contribution < 1.29 is 22.7 Å². The van der Waals surface area contributed by atoms with Crippen molar-refractivity contribution in [1.82, 2.24) is 0 Å². The van der Waals surface area contributed by atoms with Gasteiger partial charge in [-0.2, -0.15) is 0 Å². The topological polar surface area (TPSA) is 119 Å². The predicted molar refractivity (Wildman–Crippen MR) is 95.8 cm³/mol. The van der Waals surface area contributed by atoms with E-state index < -0.39 is 28.5 Å². The average molecular weight is 369 g/mol. The molecule has 0 aliphatic carbocycles. The third-order valence-electron chi connectivity index (χ3n) is 3.32. The number of hydrogen-bond acceptors (Lipinski definition) is 6. The summed E-state index contributed by atoms with van der Waals surface area (Å²) in [6.45, 7) is 6.34. The van der Waals surface area contributed by atoms with E-state index in [9.17, 15) is 18.0 Å². The smallest absolute Gasteiger partial charge is 0.330 e. The van der Waals surface area contributed by atoms with Crippen molar-refractivity contribution in [2.24, 2.45) is 5.14 Å². The van der Waals surface area contributed by atoms with Crippen molar-refractivity contribution in [3.63, 3.8) is 0 Å².